The number of allylic oxidation sites excluding steroid dienone is 2. The van der Waals surface area contributed by atoms with Crippen LogP contribution in [0.1, 0.15) is 5.69 Å². The fraction of sp³-hybridized carbons (Fsp3) is 0. The highest BCUT2D eigenvalue weighted by Gasteiger charge is 2.25. The van der Waals surface area contributed by atoms with E-state index in [4.69, 9.17) is 0 Å². The molecule has 4 nitrogen and oxygen atoms in total. The first kappa shape index (κ1) is 17.8. The molecular weight excluding hydrogens is 356 g/mol. The van der Waals surface area contributed by atoms with E-state index in [1.165, 1.54) is 0 Å². The van der Waals surface area contributed by atoms with Gasteiger partial charge in [0.15, 0.2) is 0 Å². The van der Waals surface area contributed by atoms with Gasteiger partial charge in [-0.15, -0.1) is 0 Å². The molecule has 0 fully saturated rings. The zero-order chi connectivity index (χ0) is 20.2. The second kappa shape index (κ2) is 7.57. The highest BCUT2D eigenvalue weighted by Crippen LogP contribution is 2.43. The summed E-state index contributed by atoms with van der Waals surface area (Å²) in [5.41, 5.74) is 4.99. The minimum Gasteiger partial charge on any atom is -0.315 e. The van der Waals surface area contributed by atoms with Crippen LogP contribution in [0.15, 0.2) is 90.6 Å². The Labute approximate surface area is 168 Å². The molecule has 29 heavy (non-hydrogen) atoms. The van der Waals surface area contributed by atoms with Crippen molar-refractivity contribution in [1.82, 2.24) is 4.40 Å². The lowest BCUT2D eigenvalue weighted by atomic mass is 9.92. The van der Waals surface area contributed by atoms with Gasteiger partial charge in [-0.3, -0.25) is 0 Å². The van der Waals surface area contributed by atoms with Gasteiger partial charge in [-0.05, 0) is 23.3 Å². The maximum atomic E-state index is 9.90. The largest absolute Gasteiger partial charge is 0.315 e. The van der Waals surface area contributed by atoms with Crippen molar-refractivity contribution >= 4 is 11.1 Å². The van der Waals surface area contributed by atoms with Gasteiger partial charge in [-0.2, -0.15) is 15.8 Å². The zero-order valence-corrected chi connectivity index (χ0v) is 15.4. The summed E-state index contributed by atoms with van der Waals surface area (Å²) in [5, 5.41) is 28.8. The van der Waals surface area contributed by atoms with Crippen LogP contribution in [0.4, 0.5) is 0 Å². The Hall–Kier alpha value is -4.59. The molecule has 4 aromatic rings. The fourth-order valence-corrected chi connectivity index (χ4v) is 3.60. The molecule has 0 saturated carbocycles. The normalized spacial score (nSPS) is 9.97. The molecule has 0 atom stereocenters. The standard InChI is InChI=1S/C25H14N4/c26-15-20(16-27)21(17-28)25-24(19-11-5-2-6-12-19)23(18-9-3-1-4-10-18)22-13-7-8-14-29(22)25/h1-14H. The van der Waals surface area contributed by atoms with E-state index in [0.29, 0.717) is 5.69 Å². The van der Waals surface area contributed by atoms with E-state index in [-0.39, 0.29) is 11.1 Å². The molecular formula is C25H14N4. The molecule has 0 aliphatic carbocycles. The number of benzene rings is 2. The van der Waals surface area contributed by atoms with E-state index in [1.54, 1.807) is 0 Å². The van der Waals surface area contributed by atoms with Crippen molar-refractivity contribution in [1.29, 1.82) is 15.8 Å². The smallest absolute Gasteiger partial charge is 0.149 e. The van der Waals surface area contributed by atoms with Crippen LogP contribution in [0.25, 0.3) is 33.3 Å². The van der Waals surface area contributed by atoms with Crippen LogP contribution < -0.4 is 0 Å². The van der Waals surface area contributed by atoms with E-state index in [1.807, 2.05) is 102 Å². The molecule has 2 aromatic carbocycles. The average Bonchev–Trinajstić information content (AvgIpc) is 3.13. The number of rotatable bonds is 3. The van der Waals surface area contributed by atoms with Gasteiger partial charge in [0.1, 0.15) is 29.4 Å². The summed E-state index contributed by atoms with van der Waals surface area (Å²) in [6.45, 7) is 0. The Bertz CT molecular complexity index is 1340. The van der Waals surface area contributed by atoms with E-state index in [0.717, 1.165) is 27.8 Å². The molecule has 0 bridgehead atoms. The van der Waals surface area contributed by atoms with Gasteiger partial charge in [0.2, 0.25) is 0 Å². The van der Waals surface area contributed by atoms with E-state index >= 15 is 0 Å². The number of hydrogen-bond acceptors (Lipinski definition) is 3. The van der Waals surface area contributed by atoms with Crippen LogP contribution in [0.5, 0.6) is 0 Å². The predicted molar refractivity (Wildman–Crippen MR) is 112 cm³/mol. The first-order valence-corrected chi connectivity index (χ1v) is 8.99. The summed E-state index contributed by atoms with van der Waals surface area (Å²) in [7, 11) is 0. The Balaban J connectivity index is 2.27. The summed E-state index contributed by atoms with van der Waals surface area (Å²) >= 11 is 0. The first-order chi connectivity index (χ1) is 14.3. The Kier molecular flexibility index (Phi) is 4.65. The molecule has 2 heterocycles. The van der Waals surface area contributed by atoms with Gasteiger partial charge in [-0.25, -0.2) is 0 Å². The summed E-state index contributed by atoms with van der Waals surface area (Å²) in [6, 6.07) is 31.3. The highest BCUT2D eigenvalue weighted by molar-refractivity contribution is 6.03. The lowest BCUT2D eigenvalue weighted by molar-refractivity contribution is 1.17. The molecule has 2 aromatic heterocycles. The Morgan fingerprint density at radius 1 is 0.621 bits per heavy atom. The maximum absolute atomic E-state index is 9.90. The molecule has 0 amide bonds. The van der Waals surface area contributed by atoms with Crippen LogP contribution in [0.3, 0.4) is 0 Å². The summed E-state index contributed by atoms with van der Waals surface area (Å²) in [4.78, 5) is 0. The second-order valence-electron chi connectivity index (χ2n) is 6.37. The van der Waals surface area contributed by atoms with Gasteiger partial charge in [0.05, 0.1) is 11.2 Å². The molecule has 4 rings (SSSR count). The topological polar surface area (TPSA) is 75.8 Å². The number of aromatic nitrogens is 1. The monoisotopic (exact) mass is 370 g/mol. The van der Waals surface area contributed by atoms with Crippen LogP contribution in [-0.4, -0.2) is 4.40 Å². The van der Waals surface area contributed by atoms with Crippen molar-refractivity contribution < 1.29 is 0 Å². The number of fused-ring (bicyclic) bond motifs is 1. The third-order valence-electron chi connectivity index (χ3n) is 4.79. The Morgan fingerprint density at radius 3 is 1.72 bits per heavy atom. The lowest BCUT2D eigenvalue weighted by Gasteiger charge is -2.08. The average molecular weight is 370 g/mol. The molecule has 4 heteroatoms. The van der Waals surface area contributed by atoms with Crippen LogP contribution in [0, 0.1) is 34.0 Å². The summed E-state index contributed by atoms with van der Waals surface area (Å²) in [5.74, 6) is 0. The minimum atomic E-state index is -0.201. The van der Waals surface area contributed by atoms with E-state index in [2.05, 4.69) is 6.07 Å². The molecule has 0 unspecified atom stereocenters. The number of pyridine rings is 1. The molecule has 0 aliphatic heterocycles. The number of hydrogen-bond donors (Lipinski definition) is 0. The van der Waals surface area contributed by atoms with Gasteiger partial charge >= 0.3 is 0 Å². The summed E-state index contributed by atoms with van der Waals surface area (Å²) in [6.07, 6.45) is 1.85. The third kappa shape index (κ3) is 2.94. The molecule has 134 valence electrons. The van der Waals surface area contributed by atoms with Gasteiger partial charge in [0, 0.05) is 17.3 Å². The van der Waals surface area contributed by atoms with Crippen molar-refractivity contribution in [2.24, 2.45) is 0 Å². The van der Waals surface area contributed by atoms with Crippen molar-refractivity contribution in [3.05, 3.63) is 96.3 Å². The highest BCUT2D eigenvalue weighted by atomic mass is 14.9. The van der Waals surface area contributed by atoms with Crippen molar-refractivity contribution in [3.63, 3.8) is 0 Å². The van der Waals surface area contributed by atoms with Crippen molar-refractivity contribution in [2.45, 2.75) is 0 Å². The molecule has 0 spiro atoms. The molecule has 0 radical (unpaired) electrons. The number of nitrogens with zero attached hydrogens (tertiary/aromatic N) is 4. The quantitative estimate of drug-likeness (QED) is 0.441. The van der Waals surface area contributed by atoms with E-state index < -0.39 is 0 Å². The Morgan fingerprint density at radius 2 is 1.17 bits per heavy atom. The van der Waals surface area contributed by atoms with Crippen molar-refractivity contribution in [2.75, 3.05) is 0 Å². The number of nitriles is 3. The van der Waals surface area contributed by atoms with Gasteiger partial charge in [-0.1, -0.05) is 66.7 Å². The van der Waals surface area contributed by atoms with Crippen molar-refractivity contribution in [3.8, 4) is 40.5 Å². The van der Waals surface area contributed by atoms with Crippen LogP contribution >= 0.6 is 0 Å². The molecule has 0 aliphatic rings. The lowest BCUT2D eigenvalue weighted by Crippen LogP contribution is -1.95. The summed E-state index contributed by atoms with van der Waals surface area (Å²) < 4.78 is 1.89. The molecule has 0 N–H and O–H groups in total. The van der Waals surface area contributed by atoms with Crippen LogP contribution in [-0.2, 0) is 0 Å². The SMILES string of the molecule is N#CC(C#N)=C(C#N)c1c(-c2ccccc2)c(-c2ccccc2)c2ccccn12. The maximum Gasteiger partial charge on any atom is 0.149 e. The molecule has 0 saturated heterocycles. The van der Waals surface area contributed by atoms with Gasteiger partial charge in [0.25, 0.3) is 0 Å². The third-order valence-corrected chi connectivity index (χ3v) is 4.79. The zero-order valence-electron chi connectivity index (χ0n) is 15.4. The second-order valence-corrected chi connectivity index (χ2v) is 6.37. The first-order valence-electron chi connectivity index (χ1n) is 8.99. The van der Waals surface area contributed by atoms with Crippen LogP contribution in [0.2, 0.25) is 0 Å². The minimum absolute atomic E-state index is 0.0669. The predicted octanol–water partition coefficient (Wildman–Crippen LogP) is 5.60. The van der Waals surface area contributed by atoms with E-state index in [9.17, 15) is 15.8 Å². The van der Waals surface area contributed by atoms with Gasteiger partial charge < -0.3 is 4.40 Å². The fourth-order valence-electron chi connectivity index (χ4n) is 3.60.